The summed E-state index contributed by atoms with van der Waals surface area (Å²) in [6.45, 7) is 6.39. The lowest BCUT2D eigenvalue weighted by molar-refractivity contribution is 0.897. The number of rotatable bonds is 2. The van der Waals surface area contributed by atoms with Crippen molar-refractivity contribution in [2.45, 2.75) is 26.8 Å². The molecule has 12 heavy (non-hydrogen) atoms. The van der Waals surface area contributed by atoms with Gasteiger partial charge in [0.05, 0.1) is 0 Å². The number of hydrogen-bond donors (Lipinski definition) is 1. The van der Waals surface area contributed by atoms with Gasteiger partial charge in [0.2, 0.25) is 0 Å². The van der Waals surface area contributed by atoms with Crippen LogP contribution in [0.1, 0.15) is 19.4 Å². The molecule has 66 valence electrons. The molecule has 0 bridgehead atoms. The highest BCUT2D eigenvalue weighted by atomic mass is 79.9. The van der Waals surface area contributed by atoms with E-state index in [-0.39, 0.29) is 0 Å². The van der Waals surface area contributed by atoms with Gasteiger partial charge in [0.15, 0.2) is 0 Å². The van der Waals surface area contributed by atoms with Crippen molar-refractivity contribution in [3.8, 4) is 0 Å². The summed E-state index contributed by atoms with van der Waals surface area (Å²) in [7, 11) is 0. The Morgan fingerprint density at radius 3 is 2.58 bits per heavy atom. The maximum absolute atomic E-state index is 3.45. The highest BCUT2D eigenvalue weighted by Gasteiger charge is 1.99. The van der Waals surface area contributed by atoms with Crippen LogP contribution in [0.2, 0.25) is 0 Å². The average Bonchev–Trinajstić information content (AvgIpc) is 1.96. The zero-order valence-corrected chi connectivity index (χ0v) is 9.27. The van der Waals surface area contributed by atoms with Crippen molar-refractivity contribution in [2.75, 3.05) is 5.32 Å². The summed E-state index contributed by atoms with van der Waals surface area (Å²) in [5, 5.41) is 3.38. The molecule has 2 heteroatoms. The third-order valence-electron chi connectivity index (χ3n) is 1.64. The second kappa shape index (κ2) is 3.94. The van der Waals surface area contributed by atoms with Crippen molar-refractivity contribution in [2.24, 2.45) is 0 Å². The summed E-state index contributed by atoms with van der Waals surface area (Å²) in [4.78, 5) is 0. The lowest BCUT2D eigenvalue weighted by atomic mass is 10.2. The van der Waals surface area contributed by atoms with Crippen LogP contribution in [0.15, 0.2) is 22.7 Å². The van der Waals surface area contributed by atoms with Crippen LogP contribution in [-0.2, 0) is 0 Å². The van der Waals surface area contributed by atoms with E-state index in [4.69, 9.17) is 0 Å². The van der Waals surface area contributed by atoms with Crippen LogP contribution >= 0.6 is 15.9 Å². The number of benzene rings is 1. The molecular formula is C10H14BrN. The molecule has 0 spiro atoms. The van der Waals surface area contributed by atoms with E-state index in [1.807, 2.05) is 0 Å². The van der Waals surface area contributed by atoms with Gasteiger partial charge in [-0.15, -0.1) is 0 Å². The predicted octanol–water partition coefficient (Wildman–Crippen LogP) is 3.58. The van der Waals surface area contributed by atoms with E-state index in [0.29, 0.717) is 6.04 Å². The second-order valence-electron chi connectivity index (χ2n) is 3.26. The van der Waals surface area contributed by atoms with Crippen molar-refractivity contribution < 1.29 is 0 Å². The van der Waals surface area contributed by atoms with E-state index in [9.17, 15) is 0 Å². The van der Waals surface area contributed by atoms with Gasteiger partial charge in [-0.1, -0.05) is 22.0 Å². The Morgan fingerprint density at radius 2 is 2.00 bits per heavy atom. The number of hydrogen-bond acceptors (Lipinski definition) is 1. The van der Waals surface area contributed by atoms with Crippen molar-refractivity contribution in [1.29, 1.82) is 0 Å². The monoisotopic (exact) mass is 227 g/mol. The maximum Gasteiger partial charge on any atom is 0.0383 e. The minimum absolute atomic E-state index is 0.484. The smallest absolute Gasteiger partial charge is 0.0383 e. The Hall–Kier alpha value is -0.500. The van der Waals surface area contributed by atoms with Crippen molar-refractivity contribution in [1.82, 2.24) is 0 Å². The van der Waals surface area contributed by atoms with Gasteiger partial charge in [0.1, 0.15) is 0 Å². The van der Waals surface area contributed by atoms with E-state index < -0.39 is 0 Å². The van der Waals surface area contributed by atoms with E-state index >= 15 is 0 Å². The lowest BCUT2D eigenvalue weighted by Gasteiger charge is -2.12. The highest BCUT2D eigenvalue weighted by molar-refractivity contribution is 9.10. The van der Waals surface area contributed by atoms with E-state index in [2.05, 4.69) is 60.2 Å². The zero-order valence-electron chi connectivity index (χ0n) is 7.69. The Labute approximate surface area is 82.3 Å². The molecule has 0 unspecified atom stereocenters. The van der Waals surface area contributed by atoms with Gasteiger partial charge in [-0.3, -0.25) is 0 Å². The van der Waals surface area contributed by atoms with Gasteiger partial charge in [-0.25, -0.2) is 0 Å². The quantitative estimate of drug-likeness (QED) is 0.815. The summed E-state index contributed by atoms with van der Waals surface area (Å²) in [5.41, 5.74) is 2.49. The van der Waals surface area contributed by atoms with E-state index in [1.54, 1.807) is 0 Å². The Kier molecular flexibility index (Phi) is 3.15. The standard InChI is InChI=1S/C10H14BrN/c1-7(2)12-10-6-9(11)5-4-8(10)3/h4-7,12H,1-3H3. The van der Waals surface area contributed by atoms with Crippen LogP contribution in [0.4, 0.5) is 5.69 Å². The summed E-state index contributed by atoms with van der Waals surface area (Å²) >= 11 is 3.45. The fourth-order valence-corrected chi connectivity index (χ4v) is 1.42. The van der Waals surface area contributed by atoms with Crippen molar-refractivity contribution >= 4 is 21.6 Å². The van der Waals surface area contributed by atoms with Crippen LogP contribution in [0.5, 0.6) is 0 Å². The fraction of sp³-hybridized carbons (Fsp3) is 0.400. The van der Waals surface area contributed by atoms with E-state index in [0.717, 1.165) is 4.47 Å². The first-order valence-corrected chi connectivity index (χ1v) is 4.91. The first kappa shape index (κ1) is 9.59. The van der Waals surface area contributed by atoms with Crippen LogP contribution in [0.3, 0.4) is 0 Å². The second-order valence-corrected chi connectivity index (χ2v) is 4.17. The molecular weight excluding hydrogens is 214 g/mol. The molecule has 0 aliphatic carbocycles. The molecule has 0 atom stereocenters. The minimum atomic E-state index is 0.484. The molecule has 1 N–H and O–H groups in total. The van der Waals surface area contributed by atoms with Crippen LogP contribution in [-0.4, -0.2) is 6.04 Å². The highest BCUT2D eigenvalue weighted by Crippen LogP contribution is 2.20. The van der Waals surface area contributed by atoms with E-state index in [1.165, 1.54) is 11.3 Å². The van der Waals surface area contributed by atoms with Crippen LogP contribution < -0.4 is 5.32 Å². The molecule has 0 saturated heterocycles. The molecule has 0 fully saturated rings. The number of aryl methyl sites for hydroxylation is 1. The van der Waals surface area contributed by atoms with Crippen molar-refractivity contribution in [3.05, 3.63) is 28.2 Å². The summed E-state index contributed by atoms with van der Waals surface area (Å²) in [6, 6.07) is 6.75. The lowest BCUT2D eigenvalue weighted by Crippen LogP contribution is -2.10. The largest absolute Gasteiger partial charge is 0.383 e. The summed E-state index contributed by atoms with van der Waals surface area (Å²) < 4.78 is 1.12. The molecule has 0 aliphatic rings. The minimum Gasteiger partial charge on any atom is -0.383 e. The molecule has 1 nitrogen and oxygen atoms in total. The number of anilines is 1. The third kappa shape index (κ3) is 2.52. The number of nitrogens with one attached hydrogen (secondary N) is 1. The Morgan fingerprint density at radius 1 is 1.33 bits per heavy atom. The van der Waals surface area contributed by atoms with Crippen LogP contribution in [0.25, 0.3) is 0 Å². The molecule has 1 aromatic rings. The Bertz CT molecular complexity index is 269. The molecule has 0 saturated carbocycles. The molecule has 0 heterocycles. The third-order valence-corrected chi connectivity index (χ3v) is 2.14. The van der Waals surface area contributed by atoms with Gasteiger partial charge in [0, 0.05) is 16.2 Å². The Balaban J connectivity index is 2.90. The topological polar surface area (TPSA) is 12.0 Å². The molecule has 0 aromatic heterocycles. The predicted molar refractivity (Wildman–Crippen MR) is 57.6 cm³/mol. The number of halogens is 1. The first-order valence-electron chi connectivity index (χ1n) is 4.12. The molecule has 1 rings (SSSR count). The summed E-state index contributed by atoms with van der Waals surface area (Å²) in [6.07, 6.45) is 0. The molecule has 0 aliphatic heterocycles. The van der Waals surface area contributed by atoms with Gasteiger partial charge < -0.3 is 5.32 Å². The van der Waals surface area contributed by atoms with Gasteiger partial charge in [-0.2, -0.15) is 0 Å². The maximum atomic E-state index is 3.45. The molecule has 0 amide bonds. The van der Waals surface area contributed by atoms with Gasteiger partial charge >= 0.3 is 0 Å². The van der Waals surface area contributed by atoms with Gasteiger partial charge in [-0.05, 0) is 38.5 Å². The molecule has 1 aromatic carbocycles. The van der Waals surface area contributed by atoms with Gasteiger partial charge in [0.25, 0.3) is 0 Å². The zero-order chi connectivity index (χ0) is 9.14. The first-order chi connectivity index (χ1) is 5.59. The average molecular weight is 228 g/mol. The normalized spacial score (nSPS) is 10.4. The van der Waals surface area contributed by atoms with Crippen LogP contribution in [0, 0.1) is 6.92 Å². The SMILES string of the molecule is Cc1ccc(Br)cc1NC(C)C. The molecule has 0 radical (unpaired) electrons. The van der Waals surface area contributed by atoms with Crippen molar-refractivity contribution in [3.63, 3.8) is 0 Å². The summed E-state index contributed by atoms with van der Waals surface area (Å²) in [5.74, 6) is 0. The fourth-order valence-electron chi connectivity index (χ4n) is 1.06.